The van der Waals surface area contributed by atoms with E-state index in [1.807, 2.05) is 18.2 Å². The molecular formula is C26H28FN3O4S. The van der Waals surface area contributed by atoms with E-state index in [2.05, 4.69) is 27.1 Å². The third-order valence-corrected chi connectivity index (χ3v) is 7.39. The average molecular weight is 498 g/mol. The summed E-state index contributed by atoms with van der Waals surface area (Å²) in [5.74, 6) is -1.08. The van der Waals surface area contributed by atoms with Crippen LogP contribution in [0.2, 0.25) is 0 Å². The van der Waals surface area contributed by atoms with Gasteiger partial charge in [-0.2, -0.15) is 0 Å². The Morgan fingerprint density at radius 1 is 1.03 bits per heavy atom. The number of anilines is 1. The lowest BCUT2D eigenvalue weighted by molar-refractivity contribution is 0.0908. The van der Waals surface area contributed by atoms with Gasteiger partial charge in [-0.05, 0) is 48.7 Å². The molecule has 4 rings (SSSR count). The molecule has 35 heavy (non-hydrogen) atoms. The van der Waals surface area contributed by atoms with E-state index in [0.717, 1.165) is 44.6 Å². The Morgan fingerprint density at radius 2 is 1.71 bits per heavy atom. The number of benzene rings is 3. The molecule has 184 valence electrons. The molecule has 0 radical (unpaired) electrons. The number of amides is 1. The van der Waals surface area contributed by atoms with Crippen molar-refractivity contribution in [1.29, 1.82) is 0 Å². The topological polar surface area (TPSA) is 87.7 Å². The van der Waals surface area contributed by atoms with E-state index in [-0.39, 0.29) is 17.3 Å². The van der Waals surface area contributed by atoms with Gasteiger partial charge in [-0.1, -0.05) is 42.5 Å². The molecule has 2 N–H and O–H groups in total. The van der Waals surface area contributed by atoms with Crippen LogP contribution < -0.4 is 14.8 Å². The van der Waals surface area contributed by atoms with Gasteiger partial charge in [0.2, 0.25) is 0 Å². The molecule has 9 heteroatoms. The zero-order valence-corrected chi connectivity index (χ0v) is 20.2. The highest BCUT2D eigenvalue weighted by atomic mass is 32.2. The Labute approximate surface area is 205 Å². The summed E-state index contributed by atoms with van der Waals surface area (Å²) in [6.07, 6.45) is 1.56. The Bertz CT molecular complexity index is 1280. The number of hydrogen-bond donors (Lipinski definition) is 2. The second-order valence-corrected chi connectivity index (χ2v) is 10.1. The molecule has 0 aliphatic carbocycles. The standard InChI is InChI=1S/C26H28FN3O4S/c1-34-24-10-6-5-9-23(24)29-35(32,33)25-17-20(11-12-22(25)27)26(31)28-21-13-15-30(16-14-21)18-19-7-3-2-4-8-19/h2-12,17,21,29H,13-16,18H2,1H3,(H,28,31). The molecule has 0 spiro atoms. The maximum atomic E-state index is 14.5. The lowest BCUT2D eigenvalue weighted by atomic mass is 10.0. The molecule has 3 aromatic rings. The van der Waals surface area contributed by atoms with E-state index >= 15 is 0 Å². The average Bonchev–Trinajstić information content (AvgIpc) is 2.86. The number of hydrogen-bond acceptors (Lipinski definition) is 5. The van der Waals surface area contributed by atoms with Crippen LogP contribution in [0.15, 0.2) is 77.7 Å². The molecule has 0 unspecified atom stereocenters. The maximum absolute atomic E-state index is 14.5. The van der Waals surface area contributed by atoms with Crippen LogP contribution >= 0.6 is 0 Å². The summed E-state index contributed by atoms with van der Waals surface area (Å²) in [6, 6.07) is 19.9. The van der Waals surface area contributed by atoms with Gasteiger partial charge in [0, 0.05) is 31.2 Å². The van der Waals surface area contributed by atoms with Gasteiger partial charge in [-0.15, -0.1) is 0 Å². The van der Waals surface area contributed by atoms with E-state index in [4.69, 9.17) is 4.74 Å². The van der Waals surface area contributed by atoms with Crippen LogP contribution in [0.5, 0.6) is 5.75 Å². The molecule has 1 amide bonds. The molecule has 1 saturated heterocycles. The van der Waals surface area contributed by atoms with Crippen LogP contribution in [0, 0.1) is 5.82 Å². The van der Waals surface area contributed by atoms with Crippen molar-refractivity contribution in [2.75, 3.05) is 24.9 Å². The predicted octanol–water partition coefficient (Wildman–Crippen LogP) is 4.03. The molecule has 0 atom stereocenters. The van der Waals surface area contributed by atoms with Crippen LogP contribution in [-0.2, 0) is 16.6 Å². The quantitative estimate of drug-likeness (QED) is 0.491. The number of para-hydroxylation sites is 2. The molecule has 7 nitrogen and oxygen atoms in total. The first-order valence-corrected chi connectivity index (χ1v) is 12.9. The summed E-state index contributed by atoms with van der Waals surface area (Å²) >= 11 is 0. The Kier molecular flexibility index (Phi) is 7.67. The summed E-state index contributed by atoms with van der Waals surface area (Å²) in [5.41, 5.74) is 1.50. The van der Waals surface area contributed by atoms with E-state index in [0.29, 0.717) is 5.75 Å². The molecule has 0 bridgehead atoms. The number of nitrogens with one attached hydrogen (secondary N) is 2. The Balaban J connectivity index is 1.40. The van der Waals surface area contributed by atoms with Gasteiger partial charge in [0.25, 0.3) is 15.9 Å². The lowest BCUT2D eigenvalue weighted by Gasteiger charge is -2.32. The number of methoxy groups -OCH3 is 1. The Morgan fingerprint density at radius 3 is 2.43 bits per heavy atom. The highest BCUT2D eigenvalue weighted by Gasteiger charge is 2.25. The number of halogens is 1. The fourth-order valence-corrected chi connectivity index (χ4v) is 5.30. The number of nitrogens with zero attached hydrogens (tertiary/aromatic N) is 1. The number of piperidine rings is 1. The van der Waals surface area contributed by atoms with Gasteiger partial charge >= 0.3 is 0 Å². The maximum Gasteiger partial charge on any atom is 0.264 e. The van der Waals surface area contributed by atoms with Crippen molar-refractivity contribution in [2.24, 2.45) is 0 Å². The first-order valence-electron chi connectivity index (χ1n) is 11.4. The smallest absolute Gasteiger partial charge is 0.264 e. The molecular weight excluding hydrogens is 469 g/mol. The first-order chi connectivity index (χ1) is 16.9. The summed E-state index contributed by atoms with van der Waals surface area (Å²) in [5, 5.41) is 2.96. The molecule has 1 aliphatic heterocycles. The van der Waals surface area contributed by atoms with E-state index in [1.165, 1.54) is 24.8 Å². The minimum absolute atomic E-state index is 0.0358. The number of rotatable bonds is 8. The normalized spacial score (nSPS) is 14.9. The minimum Gasteiger partial charge on any atom is -0.495 e. The fraction of sp³-hybridized carbons (Fsp3) is 0.269. The zero-order chi connectivity index (χ0) is 24.8. The molecule has 0 saturated carbocycles. The number of likely N-dealkylation sites (tertiary alicyclic amines) is 1. The second-order valence-electron chi connectivity index (χ2n) is 8.46. The van der Waals surface area contributed by atoms with Crippen molar-refractivity contribution in [1.82, 2.24) is 10.2 Å². The third kappa shape index (κ3) is 6.17. The monoisotopic (exact) mass is 497 g/mol. The lowest BCUT2D eigenvalue weighted by Crippen LogP contribution is -2.44. The van der Waals surface area contributed by atoms with Gasteiger partial charge < -0.3 is 10.1 Å². The van der Waals surface area contributed by atoms with Crippen LogP contribution in [0.25, 0.3) is 0 Å². The highest BCUT2D eigenvalue weighted by molar-refractivity contribution is 7.92. The third-order valence-electron chi connectivity index (χ3n) is 6.01. The minimum atomic E-state index is -4.29. The van der Waals surface area contributed by atoms with E-state index < -0.39 is 26.6 Å². The van der Waals surface area contributed by atoms with Crippen LogP contribution in [0.4, 0.5) is 10.1 Å². The predicted molar refractivity (Wildman–Crippen MR) is 132 cm³/mol. The molecule has 1 aliphatic rings. The number of sulfonamides is 1. The van der Waals surface area contributed by atoms with Crippen molar-refractivity contribution in [3.05, 3.63) is 89.7 Å². The summed E-state index contributed by atoms with van der Waals surface area (Å²) in [6.45, 7) is 2.54. The van der Waals surface area contributed by atoms with Crippen LogP contribution in [0.1, 0.15) is 28.8 Å². The number of ether oxygens (including phenoxy) is 1. The fourth-order valence-electron chi connectivity index (χ4n) is 4.12. The van der Waals surface area contributed by atoms with Crippen molar-refractivity contribution in [2.45, 2.75) is 30.3 Å². The molecule has 1 fully saturated rings. The number of carbonyl (C=O) groups excluding carboxylic acids is 1. The van der Waals surface area contributed by atoms with Crippen molar-refractivity contribution < 1.29 is 22.3 Å². The number of carbonyl (C=O) groups is 1. The molecule has 0 aromatic heterocycles. The van der Waals surface area contributed by atoms with Gasteiger partial charge in [-0.25, -0.2) is 12.8 Å². The van der Waals surface area contributed by atoms with Crippen LogP contribution in [-0.4, -0.2) is 45.5 Å². The second kappa shape index (κ2) is 10.9. The summed E-state index contributed by atoms with van der Waals surface area (Å²) in [7, 11) is -2.89. The van der Waals surface area contributed by atoms with Gasteiger partial charge in [-0.3, -0.25) is 14.4 Å². The summed E-state index contributed by atoms with van der Waals surface area (Å²) in [4.78, 5) is 14.6. The SMILES string of the molecule is COc1ccccc1NS(=O)(=O)c1cc(C(=O)NC2CCN(Cc3ccccc3)CC2)ccc1F. The van der Waals surface area contributed by atoms with Crippen molar-refractivity contribution in [3.8, 4) is 5.75 Å². The zero-order valence-electron chi connectivity index (χ0n) is 19.4. The largest absolute Gasteiger partial charge is 0.495 e. The molecule has 1 heterocycles. The first kappa shape index (κ1) is 24.7. The van der Waals surface area contributed by atoms with Gasteiger partial charge in [0.1, 0.15) is 16.5 Å². The van der Waals surface area contributed by atoms with Crippen molar-refractivity contribution >= 4 is 21.6 Å². The summed E-state index contributed by atoms with van der Waals surface area (Å²) < 4.78 is 47.8. The van der Waals surface area contributed by atoms with E-state index in [1.54, 1.807) is 18.2 Å². The van der Waals surface area contributed by atoms with Gasteiger partial charge in [0.15, 0.2) is 0 Å². The molecule has 3 aromatic carbocycles. The highest BCUT2D eigenvalue weighted by Crippen LogP contribution is 2.27. The van der Waals surface area contributed by atoms with Gasteiger partial charge in [0.05, 0.1) is 12.8 Å². The van der Waals surface area contributed by atoms with E-state index in [9.17, 15) is 17.6 Å². The van der Waals surface area contributed by atoms with Crippen molar-refractivity contribution in [3.63, 3.8) is 0 Å². The van der Waals surface area contributed by atoms with Crippen LogP contribution in [0.3, 0.4) is 0 Å². The Hall–Kier alpha value is -3.43.